The van der Waals surface area contributed by atoms with Gasteiger partial charge in [0.1, 0.15) is 0 Å². The summed E-state index contributed by atoms with van der Waals surface area (Å²) in [5.41, 5.74) is 0. The van der Waals surface area contributed by atoms with Gasteiger partial charge in [0.25, 0.3) is 0 Å². The van der Waals surface area contributed by atoms with Crippen LogP contribution in [0.25, 0.3) is 0 Å². The first kappa shape index (κ1) is 15.8. The molecule has 0 amide bonds. The third kappa shape index (κ3) is 81.0. The molecule has 0 aromatic heterocycles. The molecule has 45 valence electrons. The van der Waals surface area contributed by atoms with E-state index in [4.69, 9.17) is 0 Å². The van der Waals surface area contributed by atoms with Crippen molar-refractivity contribution in [1.29, 1.82) is 0 Å². The molecule has 0 aromatic rings. The fourth-order valence-electron chi connectivity index (χ4n) is 0. The molecule has 0 fully saturated rings. The van der Waals surface area contributed by atoms with Crippen LogP contribution in [-0.2, 0) is 22.4 Å². The second-order valence-electron chi connectivity index (χ2n) is 1.34. The molecule has 0 saturated carbocycles. The van der Waals surface area contributed by atoms with Crippen LogP contribution in [0, 0.1) is 0 Å². The molecule has 0 heterocycles. The van der Waals surface area contributed by atoms with Gasteiger partial charge in [-0.05, 0) is 21.1 Å². The summed E-state index contributed by atoms with van der Waals surface area (Å²) in [6.07, 6.45) is 0. The number of hydrogen-bond acceptors (Lipinski definition) is 1. The van der Waals surface area contributed by atoms with Crippen molar-refractivity contribution in [2.45, 2.75) is 0 Å². The van der Waals surface area contributed by atoms with Gasteiger partial charge in [0.2, 0.25) is 0 Å². The van der Waals surface area contributed by atoms with Gasteiger partial charge in [0.05, 0.1) is 0 Å². The Morgan fingerprint density at radius 3 is 1.00 bits per heavy atom. The maximum absolute atomic E-state index is 2.00. The zero-order valence-corrected chi connectivity index (χ0v) is 6.46. The molecule has 0 rings (SSSR count). The number of nitrogens with zero attached hydrogens (tertiary/aromatic N) is 1. The molecule has 0 bridgehead atoms. The first-order valence-corrected chi connectivity index (χ1v) is 1.34. The van der Waals surface area contributed by atoms with Crippen LogP contribution in [0.3, 0.4) is 0 Å². The van der Waals surface area contributed by atoms with Crippen LogP contribution in [0.15, 0.2) is 0 Å². The predicted octanol–water partition coefficient (Wildman–Crippen LogP) is 0.597. The smallest absolute Gasteiger partial charge is 0 e. The van der Waals surface area contributed by atoms with Crippen LogP contribution in [0.1, 0.15) is 0 Å². The van der Waals surface area contributed by atoms with Crippen LogP contribution < -0.4 is 0 Å². The van der Waals surface area contributed by atoms with E-state index in [-0.39, 0.29) is 34.8 Å². The van der Waals surface area contributed by atoms with Crippen LogP contribution in [0.4, 0.5) is 0 Å². The fourth-order valence-corrected chi connectivity index (χ4v) is 0. The molecule has 0 aliphatic carbocycles. The summed E-state index contributed by atoms with van der Waals surface area (Å²) in [6, 6.07) is 0. The summed E-state index contributed by atoms with van der Waals surface area (Å²) in [7, 11) is 6.00. The van der Waals surface area contributed by atoms with E-state index in [1.54, 1.807) is 0 Å². The molecule has 0 saturated heterocycles. The topological polar surface area (TPSA) is 3.24 Å². The van der Waals surface area contributed by atoms with Crippen LogP contribution in [-0.4, -0.2) is 26.0 Å². The van der Waals surface area contributed by atoms with E-state index in [0.29, 0.717) is 0 Å². The SMILES string of the molecule is CN(C)C.Cl.[Ag]. The molecular weight excluding hydrogens is 193 g/mol. The maximum atomic E-state index is 2.00. The Bertz CT molecular complexity index is 15.5. The quantitative estimate of drug-likeness (QED) is 0.521. The van der Waals surface area contributed by atoms with Gasteiger partial charge in [-0.2, -0.15) is 0 Å². The number of rotatable bonds is 0. The molecule has 0 aromatic carbocycles. The minimum absolute atomic E-state index is 0. The van der Waals surface area contributed by atoms with Crippen LogP contribution in [0.2, 0.25) is 0 Å². The largest absolute Gasteiger partial charge is 0.312 e. The summed E-state index contributed by atoms with van der Waals surface area (Å²) in [4.78, 5) is 2.00. The normalized spacial score (nSPS) is 6.00. The third-order valence-corrected chi connectivity index (χ3v) is 0. The minimum atomic E-state index is 0. The van der Waals surface area contributed by atoms with Gasteiger partial charge in [0, 0.05) is 22.4 Å². The zero-order valence-electron chi connectivity index (χ0n) is 4.16. The summed E-state index contributed by atoms with van der Waals surface area (Å²) in [5.74, 6) is 0. The second-order valence-corrected chi connectivity index (χ2v) is 1.34. The third-order valence-electron chi connectivity index (χ3n) is 0. The predicted molar refractivity (Wildman–Crippen MR) is 26.9 cm³/mol. The Kier molecular flexibility index (Phi) is 24.6. The molecule has 0 atom stereocenters. The molecule has 0 unspecified atom stereocenters. The summed E-state index contributed by atoms with van der Waals surface area (Å²) in [5, 5.41) is 0. The average Bonchev–Trinajstić information content (AvgIpc) is 0.811. The monoisotopic (exact) mass is 202 g/mol. The van der Waals surface area contributed by atoms with Crippen molar-refractivity contribution in [3.63, 3.8) is 0 Å². The first-order chi connectivity index (χ1) is 1.73. The Morgan fingerprint density at radius 2 is 1.00 bits per heavy atom. The van der Waals surface area contributed by atoms with Crippen molar-refractivity contribution >= 4 is 12.4 Å². The standard InChI is InChI=1S/C3H9N.Ag.ClH/c1-4(2)3;;/h1-3H3;;1H. The van der Waals surface area contributed by atoms with E-state index in [9.17, 15) is 0 Å². The molecule has 0 spiro atoms. The van der Waals surface area contributed by atoms with Gasteiger partial charge in [-0.1, -0.05) is 0 Å². The van der Waals surface area contributed by atoms with Crippen molar-refractivity contribution in [1.82, 2.24) is 4.90 Å². The van der Waals surface area contributed by atoms with E-state index in [2.05, 4.69) is 0 Å². The van der Waals surface area contributed by atoms with E-state index in [0.717, 1.165) is 0 Å². The summed E-state index contributed by atoms with van der Waals surface area (Å²) >= 11 is 0. The van der Waals surface area contributed by atoms with Gasteiger partial charge in [-0.15, -0.1) is 12.4 Å². The van der Waals surface area contributed by atoms with E-state index >= 15 is 0 Å². The molecule has 0 aliphatic rings. The Morgan fingerprint density at radius 1 is 1.00 bits per heavy atom. The van der Waals surface area contributed by atoms with Crippen LogP contribution >= 0.6 is 12.4 Å². The zero-order chi connectivity index (χ0) is 3.58. The average molecular weight is 203 g/mol. The van der Waals surface area contributed by atoms with Gasteiger partial charge in [-0.3, -0.25) is 0 Å². The first-order valence-electron chi connectivity index (χ1n) is 1.34. The van der Waals surface area contributed by atoms with Crippen molar-refractivity contribution in [3.05, 3.63) is 0 Å². The minimum Gasteiger partial charge on any atom is -0.312 e. The molecular formula is C3H10AgClN. The Balaban J connectivity index is -0.0000000450. The number of hydrogen-bond donors (Lipinski definition) is 0. The van der Waals surface area contributed by atoms with Crippen LogP contribution in [0.5, 0.6) is 0 Å². The van der Waals surface area contributed by atoms with E-state index < -0.39 is 0 Å². The number of halogens is 1. The van der Waals surface area contributed by atoms with Crippen molar-refractivity contribution in [2.75, 3.05) is 21.1 Å². The van der Waals surface area contributed by atoms with Crippen molar-refractivity contribution in [3.8, 4) is 0 Å². The molecule has 0 N–H and O–H groups in total. The molecule has 1 radical (unpaired) electrons. The molecule has 6 heavy (non-hydrogen) atoms. The molecule has 3 heteroatoms. The van der Waals surface area contributed by atoms with Crippen molar-refractivity contribution < 1.29 is 22.4 Å². The Hall–Kier alpha value is 0.990. The Labute approximate surface area is 61.0 Å². The second kappa shape index (κ2) is 9.37. The van der Waals surface area contributed by atoms with Gasteiger partial charge < -0.3 is 4.90 Å². The molecule has 0 aliphatic heterocycles. The van der Waals surface area contributed by atoms with Gasteiger partial charge in [0.15, 0.2) is 0 Å². The fraction of sp³-hybridized carbons (Fsp3) is 1.00. The van der Waals surface area contributed by atoms with E-state index in [1.165, 1.54) is 0 Å². The maximum Gasteiger partial charge on any atom is 0 e. The van der Waals surface area contributed by atoms with Gasteiger partial charge in [-0.25, -0.2) is 0 Å². The summed E-state index contributed by atoms with van der Waals surface area (Å²) < 4.78 is 0. The van der Waals surface area contributed by atoms with Gasteiger partial charge >= 0.3 is 0 Å². The molecule has 1 nitrogen and oxygen atoms in total. The summed E-state index contributed by atoms with van der Waals surface area (Å²) in [6.45, 7) is 0. The van der Waals surface area contributed by atoms with E-state index in [1.807, 2.05) is 26.0 Å². The van der Waals surface area contributed by atoms with Crippen molar-refractivity contribution in [2.24, 2.45) is 0 Å².